The molecule has 0 aliphatic heterocycles. The summed E-state index contributed by atoms with van der Waals surface area (Å²) in [5.74, 6) is -1.42. The van der Waals surface area contributed by atoms with E-state index in [9.17, 15) is 14.0 Å². The highest BCUT2D eigenvalue weighted by molar-refractivity contribution is 8.01. The van der Waals surface area contributed by atoms with Crippen LogP contribution in [0.25, 0.3) is 0 Å². The largest absolute Gasteiger partial charge is 0.478 e. The molecule has 1 amide bonds. The zero-order valence-corrected chi connectivity index (χ0v) is 13.6. The minimum Gasteiger partial charge on any atom is -0.478 e. The quantitative estimate of drug-likeness (QED) is 0.803. The highest BCUT2D eigenvalue weighted by Gasteiger charge is 2.21. The lowest BCUT2D eigenvalue weighted by Gasteiger charge is -2.18. The maximum Gasteiger partial charge on any atom is 0.346 e. The molecule has 0 heterocycles. The summed E-state index contributed by atoms with van der Waals surface area (Å²) >= 11 is 1.47. The highest BCUT2D eigenvalue weighted by Crippen LogP contribution is 2.22. The van der Waals surface area contributed by atoms with Crippen molar-refractivity contribution in [3.8, 4) is 5.75 Å². The summed E-state index contributed by atoms with van der Waals surface area (Å²) in [5, 5.41) is 11.6. The molecule has 1 aromatic carbocycles. The Balaban J connectivity index is 2.49. The Morgan fingerprint density at radius 3 is 2.41 bits per heavy atom. The Labute approximate surface area is 133 Å². The summed E-state index contributed by atoms with van der Waals surface area (Å²) in [6.45, 7) is 5.81. The number of rotatable bonds is 7. The summed E-state index contributed by atoms with van der Waals surface area (Å²) < 4.78 is 18.0. The van der Waals surface area contributed by atoms with Gasteiger partial charge in [-0.3, -0.25) is 4.79 Å². The number of nitrogens with one attached hydrogen (secondary N) is 1. The molecule has 0 saturated carbocycles. The first-order valence-corrected chi connectivity index (χ1v) is 7.71. The molecule has 2 N–H and O–H groups in total. The first-order chi connectivity index (χ1) is 10.2. The van der Waals surface area contributed by atoms with E-state index in [1.165, 1.54) is 36.0 Å². The third-order valence-electron chi connectivity index (χ3n) is 2.49. The molecule has 0 bridgehead atoms. The third kappa shape index (κ3) is 7.31. The lowest BCUT2D eigenvalue weighted by atomic mass is 10.3. The van der Waals surface area contributed by atoms with Crippen LogP contribution < -0.4 is 10.1 Å². The summed E-state index contributed by atoms with van der Waals surface area (Å²) in [4.78, 5) is 22.8. The number of benzene rings is 1. The lowest BCUT2D eigenvalue weighted by molar-refractivity contribution is -0.145. The van der Waals surface area contributed by atoms with Gasteiger partial charge in [0.1, 0.15) is 11.6 Å². The molecular weight excluding hydrogens is 309 g/mol. The van der Waals surface area contributed by atoms with Gasteiger partial charge in [0.05, 0.1) is 12.3 Å². The predicted octanol–water partition coefficient (Wildman–Crippen LogP) is 2.31. The molecule has 7 heteroatoms. The van der Waals surface area contributed by atoms with Crippen molar-refractivity contribution in [2.24, 2.45) is 0 Å². The number of carboxylic acids is 1. The van der Waals surface area contributed by atoms with Gasteiger partial charge in [-0.05, 0) is 24.3 Å². The van der Waals surface area contributed by atoms with E-state index in [1.807, 2.05) is 20.8 Å². The molecule has 0 aliphatic carbocycles. The third-order valence-corrected chi connectivity index (χ3v) is 3.76. The van der Waals surface area contributed by atoms with Crippen molar-refractivity contribution in [1.82, 2.24) is 5.32 Å². The number of ether oxygens (including phenoxy) is 1. The minimum absolute atomic E-state index is 0.0475. The van der Waals surface area contributed by atoms with Gasteiger partial charge < -0.3 is 15.2 Å². The molecule has 1 unspecified atom stereocenters. The normalized spacial score (nSPS) is 12.5. The van der Waals surface area contributed by atoms with Crippen LogP contribution in [0.5, 0.6) is 5.75 Å². The number of hydrogen-bond acceptors (Lipinski definition) is 4. The second kappa shape index (κ2) is 8.03. The second-order valence-corrected chi connectivity index (χ2v) is 7.41. The molecule has 1 aromatic rings. The molecule has 0 spiro atoms. The van der Waals surface area contributed by atoms with Gasteiger partial charge in [-0.2, -0.15) is 0 Å². The van der Waals surface area contributed by atoms with Crippen LogP contribution in [-0.2, 0) is 9.59 Å². The zero-order valence-electron chi connectivity index (χ0n) is 12.8. The first kappa shape index (κ1) is 18.3. The molecule has 22 heavy (non-hydrogen) atoms. The SMILES string of the molecule is CC(C)(C)SCC(=O)NCC(Oc1ccc(F)cc1)C(=O)O. The summed E-state index contributed by atoms with van der Waals surface area (Å²) in [6, 6.07) is 5.02. The van der Waals surface area contributed by atoms with Crippen molar-refractivity contribution in [2.75, 3.05) is 12.3 Å². The molecule has 1 rings (SSSR count). The number of halogens is 1. The van der Waals surface area contributed by atoms with Crippen LogP contribution in [0.15, 0.2) is 24.3 Å². The van der Waals surface area contributed by atoms with E-state index < -0.39 is 17.9 Å². The fourth-order valence-corrected chi connectivity index (χ4v) is 2.06. The van der Waals surface area contributed by atoms with Crippen LogP contribution in [0.2, 0.25) is 0 Å². The van der Waals surface area contributed by atoms with E-state index in [4.69, 9.17) is 9.84 Å². The van der Waals surface area contributed by atoms with Crippen LogP contribution in [0.1, 0.15) is 20.8 Å². The monoisotopic (exact) mass is 329 g/mol. The Morgan fingerprint density at radius 1 is 1.32 bits per heavy atom. The molecule has 1 atom stereocenters. The number of thioether (sulfide) groups is 1. The van der Waals surface area contributed by atoms with Crippen LogP contribution >= 0.6 is 11.8 Å². The fraction of sp³-hybridized carbons (Fsp3) is 0.467. The van der Waals surface area contributed by atoms with Gasteiger partial charge in [-0.15, -0.1) is 11.8 Å². The van der Waals surface area contributed by atoms with Gasteiger partial charge in [0.25, 0.3) is 0 Å². The first-order valence-electron chi connectivity index (χ1n) is 6.73. The number of hydrogen-bond donors (Lipinski definition) is 2. The second-order valence-electron chi connectivity index (χ2n) is 5.60. The van der Waals surface area contributed by atoms with E-state index >= 15 is 0 Å². The lowest BCUT2D eigenvalue weighted by Crippen LogP contribution is -2.41. The molecular formula is C15H20FNO4S. The van der Waals surface area contributed by atoms with Crippen LogP contribution in [0.3, 0.4) is 0 Å². The minimum atomic E-state index is -1.23. The summed E-state index contributed by atoms with van der Waals surface area (Å²) in [5.41, 5.74) is 0. The molecule has 5 nitrogen and oxygen atoms in total. The summed E-state index contributed by atoms with van der Waals surface area (Å²) in [6.07, 6.45) is -1.23. The molecule has 0 aliphatic rings. The highest BCUT2D eigenvalue weighted by atomic mass is 32.2. The van der Waals surface area contributed by atoms with Crippen LogP contribution in [0.4, 0.5) is 4.39 Å². The molecule has 122 valence electrons. The van der Waals surface area contributed by atoms with Gasteiger partial charge in [-0.25, -0.2) is 9.18 Å². The van der Waals surface area contributed by atoms with Crippen molar-refractivity contribution >= 4 is 23.6 Å². The molecule has 0 aromatic heterocycles. The molecule has 0 radical (unpaired) electrons. The van der Waals surface area contributed by atoms with Crippen molar-refractivity contribution in [1.29, 1.82) is 0 Å². The zero-order chi connectivity index (χ0) is 16.8. The van der Waals surface area contributed by atoms with E-state index in [0.29, 0.717) is 0 Å². The number of carbonyl (C=O) groups is 2. The van der Waals surface area contributed by atoms with Gasteiger partial charge in [0.2, 0.25) is 12.0 Å². The Bertz CT molecular complexity index is 513. The van der Waals surface area contributed by atoms with Gasteiger partial charge in [0, 0.05) is 4.75 Å². The number of aliphatic carboxylic acids is 1. The summed E-state index contributed by atoms with van der Waals surface area (Å²) in [7, 11) is 0. The Hall–Kier alpha value is -1.76. The van der Waals surface area contributed by atoms with Crippen molar-refractivity contribution < 1.29 is 23.8 Å². The topological polar surface area (TPSA) is 75.6 Å². The maximum absolute atomic E-state index is 12.8. The Morgan fingerprint density at radius 2 is 1.91 bits per heavy atom. The van der Waals surface area contributed by atoms with Crippen LogP contribution in [-0.4, -0.2) is 40.1 Å². The maximum atomic E-state index is 12.8. The standard InChI is InChI=1S/C15H20FNO4S/c1-15(2,3)22-9-13(18)17-8-12(14(19)20)21-11-6-4-10(16)5-7-11/h4-7,12H,8-9H2,1-3H3,(H,17,18)(H,19,20). The predicted molar refractivity (Wildman–Crippen MR) is 83.7 cm³/mol. The van der Waals surface area contributed by atoms with Crippen molar-refractivity contribution in [3.05, 3.63) is 30.1 Å². The Kier molecular flexibility index (Phi) is 6.67. The van der Waals surface area contributed by atoms with E-state index in [-0.39, 0.29) is 28.7 Å². The average molecular weight is 329 g/mol. The van der Waals surface area contributed by atoms with E-state index in [2.05, 4.69) is 5.32 Å². The van der Waals surface area contributed by atoms with Gasteiger partial charge in [-0.1, -0.05) is 20.8 Å². The number of carboxylic acid groups (broad SMARTS) is 1. The average Bonchev–Trinajstić information content (AvgIpc) is 2.42. The van der Waals surface area contributed by atoms with Crippen molar-refractivity contribution in [3.63, 3.8) is 0 Å². The van der Waals surface area contributed by atoms with Crippen LogP contribution in [0, 0.1) is 5.82 Å². The van der Waals surface area contributed by atoms with E-state index in [1.54, 1.807) is 0 Å². The molecule has 0 fully saturated rings. The van der Waals surface area contributed by atoms with Crippen molar-refractivity contribution in [2.45, 2.75) is 31.6 Å². The molecule has 0 saturated heterocycles. The number of amides is 1. The van der Waals surface area contributed by atoms with E-state index in [0.717, 1.165) is 0 Å². The van der Waals surface area contributed by atoms with Gasteiger partial charge >= 0.3 is 5.97 Å². The smallest absolute Gasteiger partial charge is 0.346 e. The number of carbonyl (C=O) groups excluding carboxylic acids is 1. The fourth-order valence-electron chi connectivity index (χ4n) is 1.40. The van der Waals surface area contributed by atoms with Gasteiger partial charge in [0.15, 0.2) is 0 Å².